The summed E-state index contributed by atoms with van der Waals surface area (Å²) in [5.74, 6) is 0.882. The summed E-state index contributed by atoms with van der Waals surface area (Å²) in [6.07, 6.45) is 1.58. The second kappa shape index (κ2) is 6.46. The van der Waals surface area contributed by atoms with Gasteiger partial charge in [0.05, 0.1) is 11.9 Å². The molecule has 0 bridgehead atoms. The second-order valence-corrected chi connectivity index (χ2v) is 8.86. The van der Waals surface area contributed by atoms with Gasteiger partial charge in [-0.05, 0) is 38.2 Å². The Kier molecular flexibility index (Phi) is 4.56. The number of hydrogen-bond donors (Lipinski definition) is 1. The van der Waals surface area contributed by atoms with Crippen molar-refractivity contribution in [1.29, 1.82) is 0 Å². The highest BCUT2D eigenvalue weighted by molar-refractivity contribution is 7.94. The molecular weight excluding hydrogens is 332 g/mol. The van der Waals surface area contributed by atoms with Crippen LogP contribution in [0.4, 0.5) is 11.5 Å². The monoisotopic (exact) mass is 352 g/mol. The SMILES string of the molecule is Cc1ccc(S(=O)(=O)Nc2ccc(N3CCN(C)CC3)nc2)s1. The molecule has 1 aliphatic heterocycles. The van der Waals surface area contributed by atoms with Crippen molar-refractivity contribution in [3.05, 3.63) is 35.3 Å². The predicted molar refractivity (Wildman–Crippen MR) is 93.8 cm³/mol. The molecule has 0 unspecified atom stereocenters. The molecule has 2 aromatic heterocycles. The Morgan fingerprint density at radius 2 is 1.87 bits per heavy atom. The molecular formula is C15H20N4O2S2. The molecule has 124 valence electrons. The number of likely N-dealkylation sites (N-methyl/N-ethyl adjacent to an activating group) is 1. The number of nitrogens with zero attached hydrogens (tertiary/aromatic N) is 3. The zero-order valence-corrected chi connectivity index (χ0v) is 14.8. The Hall–Kier alpha value is -1.64. The number of nitrogens with one attached hydrogen (secondary N) is 1. The van der Waals surface area contributed by atoms with Gasteiger partial charge in [-0.1, -0.05) is 0 Å². The largest absolute Gasteiger partial charge is 0.354 e. The molecule has 0 atom stereocenters. The third-order valence-electron chi connectivity index (χ3n) is 3.81. The first kappa shape index (κ1) is 16.2. The number of thiophene rings is 1. The number of aryl methyl sites for hydroxylation is 1. The Morgan fingerprint density at radius 3 is 2.43 bits per heavy atom. The van der Waals surface area contributed by atoms with Gasteiger partial charge in [0.15, 0.2) is 0 Å². The maximum Gasteiger partial charge on any atom is 0.271 e. The summed E-state index contributed by atoms with van der Waals surface area (Å²) in [4.78, 5) is 9.85. The van der Waals surface area contributed by atoms with Gasteiger partial charge in [-0.3, -0.25) is 4.72 Å². The van der Waals surface area contributed by atoms with E-state index in [1.807, 2.05) is 13.0 Å². The molecule has 1 fully saturated rings. The van der Waals surface area contributed by atoms with Crippen LogP contribution in [0, 0.1) is 6.92 Å². The maximum atomic E-state index is 12.3. The van der Waals surface area contributed by atoms with Gasteiger partial charge in [0, 0.05) is 31.1 Å². The van der Waals surface area contributed by atoms with Crippen LogP contribution in [0.2, 0.25) is 0 Å². The minimum atomic E-state index is -3.53. The Labute approximate surface area is 140 Å². The molecule has 6 nitrogen and oxygen atoms in total. The smallest absolute Gasteiger partial charge is 0.271 e. The highest BCUT2D eigenvalue weighted by Crippen LogP contribution is 2.24. The van der Waals surface area contributed by atoms with Gasteiger partial charge >= 0.3 is 0 Å². The molecule has 1 saturated heterocycles. The maximum absolute atomic E-state index is 12.3. The van der Waals surface area contributed by atoms with Crippen molar-refractivity contribution >= 4 is 32.9 Å². The number of hydrogen-bond acceptors (Lipinski definition) is 6. The summed E-state index contributed by atoms with van der Waals surface area (Å²) < 4.78 is 27.5. The van der Waals surface area contributed by atoms with Crippen molar-refractivity contribution in [2.24, 2.45) is 0 Å². The average Bonchev–Trinajstić information content (AvgIpc) is 2.96. The van der Waals surface area contributed by atoms with Gasteiger partial charge in [-0.15, -0.1) is 11.3 Å². The van der Waals surface area contributed by atoms with Gasteiger partial charge < -0.3 is 9.80 Å². The lowest BCUT2D eigenvalue weighted by molar-refractivity contribution is 0.312. The number of pyridine rings is 1. The van der Waals surface area contributed by atoms with Crippen molar-refractivity contribution < 1.29 is 8.42 Å². The van der Waals surface area contributed by atoms with Crippen LogP contribution >= 0.6 is 11.3 Å². The van der Waals surface area contributed by atoms with Crippen molar-refractivity contribution in [2.45, 2.75) is 11.1 Å². The fourth-order valence-electron chi connectivity index (χ4n) is 2.43. The summed E-state index contributed by atoms with van der Waals surface area (Å²) in [6, 6.07) is 7.05. The van der Waals surface area contributed by atoms with E-state index in [0.29, 0.717) is 9.90 Å². The first-order valence-corrected chi connectivity index (χ1v) is 9.73. The van der Waals surface area contributed by atoms with Crippen LogP contribution in [0.15, 0.2) is 34.7 Å². The first-order valence-electron chi connectivity index (χ1n) is 7.43. The number of piperazine rings is 1. The molecule has 0 spiro atoms. The average molecular weight is 352 g/mol. The Bertz CT molecular complexity index is 763. The highest BCUT2D eigenvalue weighted by Gasteiger charge is 2.18. The molecule has 0 radical (unpaired) electrons. The molecule has 0 saturated carbocycles. The van der Waals surface area contributed by atoms with Crippen LogP contribution in [0.5, 0.6) is 0 Å². The summed E-state index contributed by atoms with van der Waals surface area (Å²) in [5, 5.41) is 0. The lowest BCUT2D eigenvalue weighted by Gasteiger charge is -2.33. The number of rotatable bonds is 4. The fourth-order valence-corrected chi connectivity index (χ4v) is 4.76. The number of aromatic nitrogens is 1. The van der Waals surface area contributed by atoms with Crippen molar-refractivity contribution in [3.63, 3.8) is 0 Å². The minimum Gasteiger partial charge on any atom is -0.354 e. The van der Waals surface area contributed by atoms with E-state index in [1.54, 1.807) is 24.4 Å². The summed E-state index contributed by atoms with van der Waals surface area (Å²) in [5.41, 5.74) is 0.480. The molecule has 2 aromatic rings. The van der Waals surface area contributed by atoms with Crippen LogP contribution < -0.4 is 9.62 Å². The van der Waals surface area contributed by atoms with E-state index in [4.69, 9.17) is 0 Å². The zero-order valence-electron chi connectivity index (χ0n) is 13.2. The fraction of sp³-hybridized carbons (Fsp3) is 0.400. The zero-order chi connectivity index (χ0) is 16.4. The molecule has 1 aliphatic rings. The van der Waals surface area contributed by atoms with E-state index < -0.39 is 10.0 Å². The normalized spacial score (nSPS) is 16.5. The summed E-state index contributed by atoms with van der Waals surface area (Å²) in [6.45, 7) is 5.77. The van der Waals surface area contributed by atoms with Crippen LogP contribution in [0.1, 0.15) is 4.88 Å². The van der Waals surface area contributed by atoms with Crippen molar-refractivity contribution in [1.82, 2.24) is 9.88 Å². The number of anilines is 2. The van der Waals surface area contributed by atoms with Crippen LogP contribution in [0.3, 0.4) is 0 Å². The summed E-state index contributed by atoms with van der Waals surface area (Å²) in [7, 11) is -1.42. The molecule has 1 N–H and O–H groups in total. The lowest BCUT2D eigenvalue weighted by Crippen LogP contribution is -2.44. The minimum absolute atomic E-state index is 0.318. The van der Waals surface area contributed by atoms with Gasteiger partial charge in [0.25, 0.3) is 10.0 Å². The van der Waals surface area contributed by atoms with Gasteiger partial charge in [-0.2, -0.15) is 0 Å². The van der Waals surface area contributed by atoms with E-state index in [0.717, 1.165) is 36.9 Å². The topological polar surface area (TPSA) is 65.5 Å². The number of sulfonamides is 1. The van der Waals surface area contributed by atoms with Crippen LogP contribution in [-0.4, -0.2) is 51.5 Å². The molecule has 3 heterocycles. The lowest BCUT2D eigenvalue weighted by atomic mass is 10.3. The third-order valence-corrected chi connectivity index (χ3v) is 6.68. The second-order valence-electron chi connectivity index (χ2n) is 5.67. The van der Waals surface area contributed by atoms with E-state index in [2.05, 4.69) is 26.6 Å². The van der Waals surface area contributed by atoms with E-state index >= 15 is 0 Å². The van der Waals surface area contributed by atoms with Gasteiger partial charge in [-0.25, -0.2) is 13.4 Å². The molecule has 0 amide bonds. The molecule has 3 rings (SSSR count). The Morgan fingerprint density at radius 1 is 1.13 bits per heavy atom. The highest BCUT2D eigenvalue weighted by atomic mass is 32.2. The van der Waals surface area contributed by atoms with E-state index in [9.17, 15) is 8.42 Å². The van der Waals surface area contributed by atoms with Gasteiger partial charge in [0.1, 0.15) is 10.0 Å². The van der Waals surface area contributed by atoms with Gasteiger partial charge in [0.2, 0.25) is 0 Å². The van der Waals surface area contributed by atoms with Crippen LogP contribution in [-0.2, 0) is 10.0 Å². The quantitative estimate of drug-likeness (QED) is 0.912. The van der Waals surface area contributed by atoms with E-state index in [1.165, 1.54) is 11.3 Å². The molecule has 0 aliphatic carbocycles. The van der Waals surface area contributed by atoms with Crippen molar-refractivity contribution in [3.8, 4) is 0 Å². The van der Waals surface area contributed by atoms with Crippen LogP contribution in [0.25, 0.3) is 0 Å². The predicted octanol–water partition coefficient (Wildman–Crippen LogP) is 2.00. The first-order chi connectivity index (χ1) is 10.9. The molecule has 0 aromatic carbocycles. The van der Waals surface area contributed by atoms with Crippen molar-refractivity contribution in [2.75, 3.05) is 42.8 Å². The van der Waals surface area contributed by atoms with E-state index in [-0.39, 0.29) is 0 Å². The summed E-state index contributed by atoms with van der Waals surface area (Å²) >= 11 is 1.26. The third kappa shape index (κ3) is 3.82. The Balaban J connectivity index is 1.70. The molecule has 8 heteroatoms. The standard InChI is InChI=1S/C15H20N4O2S2/c1-12-3-6-15(22-12)23(20,21)17-13-4-5-14(16-11-13)19-9-7-18(2)8-10-19/h3-6,11,17H,7-10H2,1-2H3. The molecule has 23 heavy (non-hydrogen) atoms.